The number of nitrogens with zero attached hydrogens (tertiary/aromatic N) is 5. The van der Waals surface area contributed by atoms with E-state index in [2.05, 4.69) is 25.3 Å². The predicted molar refractivity (Wildman–Crippen MR) is 98.2 cm³/mol. The van der Waals surface area contributed by atoms with Crippen LogP contribution in [0.4, 0.5) is 5.82 Å². The van der Waals surface area contributed by atoms with Crippen molar-refractivity contribution >= 4 is 22.8 Å². The summed E-state index contributed by atoms with van der Waals surface area (Å²) in [7, 11) is 0. The Bertz CT molecular complexity index is 949. The molecule has 0 bridgehead atoms. The fraction of sp³-hybridized carbons (Fsp3) is 0.368. The second-order valence-electron chi connectivity index (χ2n) is 6.96. The SMILES string of the molecule is O=C(NC1CC1)C1CCCN1c1ncnc2c1cnn2-c1ccccc1. The van der Waals surface area contributed by atoms with Crippen LogP contribution in [0.2, 0.25) is 0 Å². The fourth-order valence-electron chi connectivity index (χ4n) is 3.64. The van der Waals surface area contributed by atoms with Crippen LogP contribution in [-0.2, 0) is 4.79 Å². The Morgan fingerprint density at radius 3 is 2.77 bits per heavy atom. The third-order valence-electron chi connectivity index (χ3n) is 5.10. The molecule has 1 atom stereocenters. The van der Waals surface area contributed by atoms with Crippen LogP contribution in [0, 0.1) is 0 Å². The Labute approximate surface area is 151 Å². The van der Waals surface area contributed by atoms with Crippen LogP contribution in [0.3, 0.4) is 0 Å². The summed E-state index contributed by atoms with van der Waals surface area (Å²) in [4.78, 5) is 23.7. The quantitative estimate of drug-likeness (QED) is 0.781. The van der Waals surface area contributed by atoms with Crippen molar-refractivity contribution in [3.05, 3.63) is 42.9 Å². The standard InChI is InChI=1S/C19H20N6O/c26-19(23-13-8-9-13)16-7-4-10-24(16)17-15-11-22-25(18(15)21-12-20-17)14-5-2-1-3-6-14/h1-3,5-6,11-13,16H,4,7-10H2,(H,23,26). The van der Waals surface area contributed by atoms with Gasteiger partial charge in [-0.1, -0.05) is 18.2 Å². The van der Waals surface area contributed by atoms with Crippen molar-refractivity contribution in [3.63, 3.8) is 0 Å². The molecule has 3 heterocycles. The predicted octanol–water partition coefficient (Wildman–Crippen LogP) is 2.06. The molecule has 2 fully saturated rings. The highest BCUT2D eigenvalue weighted by atomic mass is 16.2. The van der Waals surface area contributed by atoms with Crippen molar-refractivity contribution in [2.45, 2.75) is 37.8 Å². The van der Waals surface area contributed by atoms with E-state index in [1.54, 1.807) is 12.5 Å². The molecule has 1 aliphatic carbocycles. The van der Waals surface area contributed by atoms with Crippen molar-refractivity contribution in [2.24, 2.45) is 0 Å². The number of anilines is 1. The molecule has 1 unspecified atom stereocenters. The van der Waals surface area contributed by atoms with Gasteiger partial charge in [0.25, 0.3) is 0 Å². The molecule has 2 aliphatic rings. The minimum Gasteiger partial charge on any atom is -0.352 e. The van der Waals surface area contributed by atoms with Gasteiger partial charge in [-0.05, 0) is 37.8 Å². The van der Waals surface area contributed by atoms with Gasteiger partial charge in [0.15, 0.2) is 5.65 Å². The average Bonchev–Trinajstić information content (AvgIpc) is 3.20. The summed E-state index contributed by atoms with van der Waals surface area (Å²) in [5.74, 6) is 0.915. The van der Waals surface area contributed by atoms with Crippen molar-refractivity contribution in [3.8, 4) is 5.69 Å². The molecule has 1 saturated heterocycles. The largest absolute Gasteiger partial charge is 0.352 e. The number of aromatic nitrogens is 4. The zero-order valence-electron chi connectivity index (χ0n) is 14.4. The molecule has 5 rings (SSSR count). The lowest BCUT2D eigenvalue weighted by molar-refractivity contribution is -0.122. The average molecular weight is 348 g/mol. The lowest BCUT2D eigenvalue weighted by Crippen LogP contribution is -2.44. The summed E-state index contributed by atoms with van der Waals surface area (Å²) in [5, 5.41) is 8.52. The van der Waals surface area contributed by atoms with E-state index < -0.39 is 0 Å². The first-order valence-electron chi connectivity index (χ1n) is 9.12. The topological polar surface area (TPSA) is 75.9 Å². The lowest BCUT2D eigenvalue weighted by Gasteiger charge is -2.25. The van der Waals surface area contributed by atoms with E-state index in [0.29, 0.717) is 6.04 Å². The van der Waals surface area contributed by atoms with Crippen molar-refractivity contribution in [1.82, 2.24) is 25.1 Å². The van der Waals surface area contributed by atoms with Gasteiger partial charge in [-0.2, -0.15) is 5.10 Å². The molecular weight excluding hydrogens is 328 g/mol. The molecule has 1 amide bonds. The molecule has 3 aromatic rings. The first-order valence-corrected chi connectivity index (χ1v) is 9.12. The van der Waals surface area contributed by atoms with Crippen LogP contribution in [0.25, 0.3) is 16.7 Å². The fourth-order valence-corrected chi connectivity index (χ4v) is 3.64. The summed E-state index contributed by atoms with van der Waals surface area (Å²) in [6.45, 7) is 0.825. The van der Waals surface area contributed by atoms with E-state index in [9.17, 15) is 4.79 Å². The van der Waals surface area contributed by atoms with Crippen LogP contribution in [0.5, 0.6) is 0 Å². The zero-order valence-corrected chi connectivity index (χ0v) is 14.4. The van der Waals surface area contributed by atoms with Gasteiger partial charge in [0.05, 0.1) is 17.3 Å². The molecule has 1 aromatic carbocycles. The van der Waals surface area contributed by atoms with Crippen LogP contribution in [0.15, 0.2) is 42.9 Å². The first kappa shape index (κ1) is 15.3. The van der Waals surface area contributed by atoms with Crippen LogP contribution in [-0.4, -0.2) is 44.3 Å². The molecule has 26 heavy (non-hydrogen) atoms. The Hall–Kier alpha value is -2.96. The maximum absolute atomic E-state index is 12.6. The monoisotopic (exact) mass is 348 g/mol. The zero-order chi connectivity index (χ0) is 17.5. The van der Waals surface area contributed by atoms with Crippen molar-refractivity contribution < 1.29 is 4.79 Å². The number of hydrogen-bond donors (Lipinski definition) is 1. The Morgan fingerprint density at radius 2 is 1.96 bits per heavy atom. The molecule has 2 aromatic heterocycles. The minimum atomic E-state index is -0.159. The van der Waals surface area contributed by atoms with Crippen molar-refractivity contribution in [1.29, 1.82) is 0 Å². The van der Waals surface area contributed by atoms with Gasteiger partial charge in [-0.25, -0.2) is 14.6 Å². The van der Waals surface area contributed by atoms with E-state index >= 15 is 0 Å². The third-order valence-corrected chi connectivity index (χ3v) is 5.10. The molecule has 0 spiro atoms. The Morgan fingerprint density at radius 1 is 1.12 bits per heavy atom. The minimum absolute atomic E-state index is 0.118. The van der Waals surface area contributed by atoms with E-state index in [1.165, 1.54) is 0 Å². The van der Waals surface area contributed by atoms with Gasteiger partial charge in [0, 0.05) is 12.6 Å². The van der Waals surface area contributed by atoms with Gasteiger partial charge < -0.3 is 10.2 Å². The van der Waals surface area contributed by atoms with E-state index in [-0.39, 0.29) is 11.9 Å². The maximum Gasteiger partial charge on any atom is 0.242 e. The highest BCUT2D eigenvalue weighted by Gasteiger charge is 2.35. The van der Waals surface area contributed by atoms with Gasteiger partial charge in [0.2, 0.25) is 5.91 Å². The summed E-state index contributed by atoms with van der Waals surface area (Å²) in [6.07, 6.45) is 7.40. The first-order chi connectivity index (χ1) is 12.8. The normalized spacial score (nSPS) is 19.8. The van der Waals surface area contributed by atoms with E-state index in [1.807, 2.05) is 35.0 Å². The smallest absolute Gasteiger partial charge is 0.242 e. The molecule has 0 radical (unpaired) electrons. The number of carbonyl (C=O) groups excluding carboxylic acids is 1. The molecule has 7 heteroatoms. The van der Waals surface area contributed by atoms with Gasteiger partial charge >= 0.3 is 0 Å². The van der Waals surface area contributed by atoms with E-state index in [4.69, 9.17) is 0 Å². The number of carbonyl (C=O) groups is 1. The number of amides is 1. The van der Waals surface area contributed by atoms with Gasteiger partial charge in [-0.3, -0.25) is 4.79 Å². The molecular formula is C19H20N6O. The van der Waals surface area contributed by atoms with Gasteiger partial charge in [-0.15, -0.1) is 0 Å². The molecule has 1 saturated carbocycles. The summed E-state index contributed by atoms with van der Waals surface area (Å²) < 4.78 is 1.82. The lowest BCUT2D eigenvalue weighted by atomic mass is 10.2. The Kier molecular flexibility index (Phi) is 3.58. The van der Waals surface area contributed by atoms with Crippen LogP contribution >= 0.6 is 0 Å². The maximum atomic E-state index is 12.6. The molecule has 7 nitrogen and oxygen atoms in total. The third kappa shape index (κ3) is 2.60. The highest BCUT2D eigenvalue weighted by Crippen LogP contribution is 2.31. The van der Waals surface area contributed by atoms with Crippen LogP contribution in [0.1, 0.15) is 25.7 Å². The number of nitrogens with one attached hydrogen (secondary N) is 1. The summed E-state index contributed by atoms with van der Waals surface area (Å²) in [6, 6.07) is 10.1. The van der Waals surface area contributed by atoms with Gasteiger partial charge in [0.1, 0.15) is 18.2 Å². The van der Waals surface area contributed by atoms with Crippen molar-refractivity contribution in [2.75, 3.05) is 11.4 Å². The summed E-state index contributed by atoms with van der Waals surface area (Å²) >= 11 is 0. The number of fused-ring (bicyclic) bond motifs is 1. The highest BCUT2D eigenvalue weighted by molar-refractivity contribution is 5.92. The number of para-hydroxylation sites is 1. The number of benzene rings is 1. The molecule has 1 aliphatic heterocycles. The van der Waals surface area contributed by atoms with E-state index in [0.717, 1.165) is 54.8 Å². The van der Waals surface area contributed by atoms with Crippen LogP contribution < -0.4 is 10.2 Å². The summed E-state index contributed by atoms with van der Waals surface area (Å²) in [5.41, 5.74) is 1.71. The second-order valence-corrected chi connectivity index (χ2v) is 6.96. The number of rotatable bonds is 4. The number of hydrogen-bond acceptors (Lipinski definition) is 5. The second kappa shape index (κ2) is 6.09. The molecule has 1 N–H and O–H groups in total. The molecule has 132 valence electrons. The Balaban J connectivity index is 1.52.